The Hall–Kier alpha value is -1.75. The molecule has 0 aromatic carbocycles. The van der Waals surface area contributed by atoms with Crippen LogP contribution in [0.1, 0.15) is 31.4 Å². The van der Waals surface area contributed by atoms with Crippen molar-refractivity contribution in [1.29, 1.82) is 0 Å². The van der Waals surface area contributed by atoms with Crippen molar-refractivity contribution < 1.29 is 4.39 Å². The van der Waals surface area contributed by atoms with Crippen molar-refractivity contribution in [2.75, 3.05) is 0 Å². The molecular weight excluding hydrogens is 243 g/mol. The van der Waals surface area contributed by atoms with E-state index in [9.17, 15) is 4.39 Å². The standard InChI is InChI=1S/C14H19FN4/c1-10(2)18-13(8-14-16-6-7-19(14)3)12-5-4-11(15)9-17-12/h4-7,9-10,13,18H,8H2,1-3H3. The van der Waals surface area contributed by atoms with Gasteiger partial charge in [-0.05, 0) is 12.1 Å². The van der Waals surface area contributed by atoms with Crippen molar-refractivity contribution in [3.8, 4) is 0 Å². The summed E-state index contributed by atoms with van der Waals surface area (Å²) in [5.41, 5.74) is 0.832. The quantitative estimate of drug-likeness (QED) is 0.898. The lowest BCUT2D eigenvalue weighted by Crippen LogP contribution is -2.31. The van der Waals surface area contributed by atoms with Gasteiger partial charge in [0.25, 0.3) is 0 Å². The fourth-order valence-corrected chi connectivity index (χ4v) is 2.02. The summed E-state index contributed by atoms with van der Waals surface area (Å²) >= 11 is 0. The highest BCUT2D eigenvalue weighted by Gasteiger charge is 2.16. The van der Waals surface area contributed by atoms with E-state index in [-0.39, 0.29) is 11.9 Å². The van der Waals surface area contributed by atoms with Crippen molar-refractivity contribution in [2.45, 2.75) is 32.4 Å². The van der Waals surface area contributed by atoms with Gasteiger partial charge in [-0.2, -0.15) is 0 Å². The number of hydrogen-bond acceptors (Lipinski definition) is 3. The first-order chi connectivity index (χ1) is 9.06. The summed E-state index contributed by atoms with van der Waals surface area (Å²) in [6, 6.07) is 3.51. The lowest BCUT2D eigenvalue weighted by atomic mass is 10.1. The summed E-state index contributed by atoms with van der Waals surface area (Å²) < 4.78 is 14.9. The molecular formula is C14H19FN4. The Bertz CT molecular complexity index is 518. The number of nitrogens with zero attached hydrogens (tertiary/aromatic N) is 3. The van der Waals surface area contributed by atoms with E-state index in [4.69, 9.17) is 0 Å². The second kappa shape index (κ2) is 5.93. The normalized spacial score (nSPS) is 12.9. The Labute approximate surface area is 112 Å². The van der Waals surface area contributed by atoms with Crippen LogP contribution in [-0.4, -0.2) is 20.6 Å². The molecule has 0 saturated heterocycles. The van der Waals surface area contributed by atoms with Crippen LogP contribution in [0.3, 0.4) is 0 Å². The van der Waals surface area contributed by atoms with Gasteiger partial charge in [-0.1, -0.05) is 13.8 Å². The van der Waals surface area contributed by atoms with Crippen LogP contribution in [0.4, 0.5) is 4.39 Å². The maximum absolute atomic E-state index is 13.0. The highest BCUT2D eigenvalue weighted by atomic mass is 19.1. The summed E-state index contributed by atoms with van der Waals surface area (Å²) in [6.07, 6.45) is 5.67. The summed E-state index contributed by atoms with van der Waals surface area (Å²) in [5, 5.41) is 3.44. The maximum Gasteiger partial charge on any atom is 0.141 e. The number of rotatable bonds is 5. The Morgan fingerprint density at radius 1 is 1.32 bits per heavy atom. The monoisotopic (exact) mass is 262 g/mol. The minimum atomic E-state index is -0.316. The molecule has 0 aliphatic rings. The van der Waals surface area contributed by atoms with Crippen LogP contribution < -0.4 is 5.32 Å². The predicted molar refractivity (Wildman–Crippen MR) is 72.1 cm³/mol. The van der Waals surface area contributed by atoms with Crippen LogP contribution in [0.2, 0.25) is 0 Å². The second-order valence-corrected chi connectivity index (χ2v) is 4.93. The molecule has 4 nitrogen and oxygen atoms in total. The van der Waals surface area contributed by atoms with E-state index in [1.165, 1.54) is 12.3 Å². The number of hydrogen-bond donors (Lipinski definition) is 1. The Morgan fingerprint density at radius 3 is 2.63 bits per heavy atom. The van der Waals surface area contributed by atoms with E-state index in [1.807, 2.05) is 17.8 Å². The highest BCUT2D eigenvalue weighted by Crippen LogP contribution is 2.16. The molecule has 102 valence electrons. The SMILES string of the molecule is CC(C)NC(Cc1nccn1C)c1ccc(F)cn1. The van der Waals surface area contributed by atoms with E-state index in [1.54, 1.807) is 12.3 Å². The van der Waals surface area contributed by atoms with Crippen LogP contribution in [0.5, 0.6) is 0 Å². The van der Waals surface area contributed by atoms with Crippen molar-refractivity contribution in [3.63, 3.8) is 0 Å². The van der Waals surface area contributed by atoms with Gasteiger partial charge in [-0.25, -0.2) is 9.37 Å². The first-order valence-corrected chi connectivity index (χ1v) is 6.40. The van der Waals surface area contributed by atoms with E-state index < -0.39 is 0 Å². The molecule has 2 heterocycles. The average Bonchev–Trinajstić information content (AvgIpc) is 2.75. The molecule has 0 aliphatic heterocycles. The zero-order valence-corrected chi connectivity index (χ0v) is 11.5. The van der Waals surface area contributed by atoms with Gasteiger partial charge >= 0.3 is 0 Å². The number of aryl methyl sites for hydroxylation is 1. The second-order valence-electron chi connectivity index (χ2n) is 4.93. The molecule has 0 amide bonds. The molecule has 0 fully saturated rings. The number of pyridine rings is 1. The van der Waals surface area contributed by atoms with E-state index >= 15 is 0 Å². The maximum atomic E-state index is 13.0. The van der Waals surface area contributed by atoms with Crippen LogP contribution in [0, 0.1) is 5.82 Å². The topological polar surface area (TPSA) is 42.7 Å². The lowest BCUT2D eigenvalue weighted by molar-refractivity contribution is 0.453. The van der Waals surface area contributed by atoms with Crippen LogP contribution in [0.25, 0.3) is 0 Å². The van der Waals surface area contributed by atoms with Gasteiger partial charge in [0.15, 0.2) is 0 Å². The Kier molecular flexibility index (Phi) is 4.27. The van der Waals surface area contributed by atoms with E-state index in [2.05, 4.69) is 29.1 Å². The van der Waals surface area contributed by atoms with Crippen LogP contribution >= 0.6 is 0 Å². The molecule has 1 unspecified atom stereocenters. The first kappa shape index (κ1) is 13.7. The third kappa shape index (κ3) is 3.61. The largest absolute Gasteiger partial charge is 0.338 e. The number of nitrogens with one attached hydrogen (secondary N) is 1. The number of imidazole rings is 1. The Morgan fingerprint density at radius 2 is 2.11 bits per heavy atom. The first-order valence-electron chi connectivity index (χ1n) is 6.40. The molecule has 0 saturated carbocycles. The molecule has 0 bridgehead atoms. The zero-order valence-electron chi connectivity index (χ0n) is 11.5. The smallest absolute Gasteiger partial charge is 0.141 e. The van der Waals surface area contributed by atoms with Crippen molar-refractivity contribution in [1.82, 2.24) is 19.9 Å². The van der Waals surface area contributed by atoms with Crippen LogP contribution in [-0.2, 0) is 13.5 Å². The molecule has 5 heteroatoms. The molecule has 0 radical (unpaired) electrons. The third-order valence-electron chi connectivity index (χ3n) is 2.95. The fraction of sp³-hybridized carbons (Fsp3) is 0.429. The number of aromatic nitrogens is 3. The molecule has 2 aromatic rings. The van der Waals surface area contributed by atoms with Crippen molar-refractivity contribution in [2.24, 2.45) is 7.05 Å². The average molecular weight is 262 g/mol. The summed E-state index contributed by atoms with van der Waals surface area (Å²) in [7, 11) is 1.97. The van der Waals surface area contributed by atoms with Gasteiger partial charge in [0.05, 0.1) is 17.9 Å². The Balaban J connectivity index is 2.20. The van der Waals surface area contributed by atoms with Gasteiger partial charge in [-0.3, -0.25) is 4.98 Å². The third-order valence-corrected chi connectivity index (χ3v) is 2.95. The summed E-state index contributed by atoms with van der Waals surface area (Å²) in [4.78, 5) is 8.49. The van der Waals surface area contributed by atoms with Gasteiger partial charge in [-0.15, -0.1) is 0 Å². The molecule has 2 aromatic heterocycles. The van der Waals surface area contributed by atoms with Crippen molar-refractivity contribution in [3.05, 3.63) is 48.1 Å². The molecule has 0 spiro atoms. The fourth-order valence-electron chi connectivity index (χ4n) is 2.02. The summed E-state index contributed by atoms with van der Waals surface area (Å²) in [6.45, 7) is 4.16. The molecule has 19 heavy (non-hydrogen) atoms. The van der Waals surface area contributed by atoms with E-state index in [0.717, 1.165) is 17.9 Å². The highest BCUT2D eigenvalue weighted by molar-refractivity contribution is 5.12. The summed E-state index contributed by atoms with van der Waals surface area (Å²) in [5.74, 6) is 0.660. The predicted octanol–water partition coefficient (Wildman–Crippen LogP) is 2.24. The molecule has 1 N–H and O–H groups in total. The molecule has 2 rings (SSSR count). The van der Waals surface area contributed by atoms with E-state index in [0.29, 0.717) is 6.04 Å². The van der Waals surface area contributed by atoms with Gasteiger partial charge in [0.1, 0.15) is 11.6 Å². The number of halogens is 1. The van der Waals surface area contributed by atoms with Gasteiger partial charge in [0.2, 0.25) is 0 Å². The molecule has 0 aliphatic carbocycles. The minimum Gasteiger partial charge on any atom is -0.338 e. The van der Waals surface area contributed by atoms with Crippen LogP contribution in [0.15, 0.2) is 30.7 Å². The van der Waals surface area contributed by atoms with Crippen molar-refractivity contribution >= 4 is 0 Å². The van der Waals surface area contributed by atoms with Gasteiger partial charge in [0, 0.05) is 31.9 Å². The van der Waals surface area contributed by atoms with Gasteiger partial charge < -0.3 is 9.88 Å². The lowest BCUT2D eigenvalue weighted by Gasteiger charge is -2.20. The zero-order chi connectivity index (χ0) is 13.8. The molecule has 1 atom stereocenters. The minimum absolute atomic E-state index is 0.0294.